The minimum Gasteiger partial charge on any atom is -0.507 e. The molecule has 8 nitrogen and oxygen atoms in total. The Morgan fingerprint density at radius 2 is 1.70 bits per heavy atom. The Morgan fingerprint density at radius 3 is 2.27 bits per heavy atom. The van der Waals surface area contributed by atoms with Crippen LogP contribution in [0.15, 0.2) is 66.8 Å². The van der Waals surface area contributed by atoms with Gasteiger partial charge in [-0.2, -0.15) is 0 Å². The fourth-order valence-electron chi connectivity index (χ4n) is 3.59. The van der Waals surface area contributed by atoms with Crippen LogP contribution in [0.2, 0.25) is 0 Å². The second-order valence-corrected chi connectivity index (χ2v) is 7.22. The van der Waals surface area contributed by atoms with E-state index in [-0.39, 0.29) is 24.5 Å². The third-order valence-electron chi connectivity index (χ3n) is 5.22. The Bertz CT molecular complexity index is 1070. The molecule has 1 amide bonds. The number of hydrogen-bond acceptors (Lipinski definition) is 7. The molecule has 1 N–H and O–H groups in total. The van der Waals surface area contributed by atoms with Crippen molar-refractivity contribution in [1.82, 2.24) is 4.90 Å². The van der Waals surface area contributed by atoms with Crippen LogP contribution < -0.4 is 4.74 Å². The van der Waals surface area contributed by atoms with Crippen LogP contribution in [0.4, 0.5) is 0 Å². The van der Waals surface area contributed by atoms with E-state index in [0.29, 0.717) is 29.0 Å². The molecule has 0 bridgehead atoms. The molecule has 1 fully saturated rings. The van der Waals surface area contributed by atoms with Gasteiger partial charge in [0.05, 0.1) is 30.9 Å². The minimum absolute atomic E-state index is 0.0401. The minimum atomic E-state index is -0.844. The molecule has 1 atom stereocenters. The van der Waals surface area contributed by atoms with E-state index >= 15 is 0 Å². The van der Waals surface area contributed by atoms with Gasteiger partial charge in [0.1, 0.15) is 18.1 Å². The van der Waals surface area contributed by atoms with Gasteiger partial charge in [0, 0.05) is 19.2 Å². The molecule has 172 valence electrons. The van der Waals surface area contributed by atoms with Crippen molar-refractivity contribution < 1.29 is 33.7 Å². The monoisotopic (exact) mass is 451 g/mol. The van der Waals surface area contributed by atoms with Crippen LogP contribution >= 0.6 is 0 Å². The van der Waals surface area contributed by atoms with Crippen molar-refractivity contribution in [2.24, 2.45) is 0 Å². The first-order chi connectivity index (χ1) is 15.9. The van der Waals surface area contributed by atoms with Crippen LogP contribution in [0.25, 0.3) is 5.76 Å². The molecular formula is C25H25NO7. The molecule has 0 aliphatic carbocycles. The molecule has 33 heavy (non-hydrogen) atoms. The number of ether oxygens (including phenoxy) is 3. The lowest BCUT2D eigenvalue weighted by atomic mass is 9.94. The van der Waals surface area contributed by atoms with Gasteiger partial charge in [-0.1, -0.05) is 24.8 Å². The Labute approximate surface area is 191 Å². The van der Waals surface area contributed by atoms with E-state index < -0.39 is 23.7 Å². The maximum atomic E-state index is 12.9. The quantitative estimate of drug-likeness (QED) is 0.205. The molecule has 1 heterocycles. The number of rotatable bonds is 9. The number of methoxy groups -OCH3 is 2. The highest BCUT2D eigenvalue weighted by atomic mass is 16.5. The number of Topliss-reactive ketones (excluding diaryl/α,β-unsaturated/α-hetero) is 1. The summed E-state index contributed by atoms with van der Waals surface area (Å²) < 4.78 is 15.3. The Morgan fingerprint density at radius 1 is 1.06 bits per heavy atom. The fourth-order valence-corrected chi connectivity index (χ4v) is 3.59. The van der Waals surface area contributed by atoms with E-state index in [1.807, 2.05) is 0 Å². The smallest absolute Gasteiger partial charge is 0.337 e. The number of aliphatic hydroxyl groups excluding tert-OH is 1. The van der Waals surface area contributed by atoms with Crippen molar-refractivity contribution in [3.63, 3.8) is 0 Å². The average Bonchev–Trinajstić information content (AvgIpc) is 3.10. The third-order valence-corrected chi connectivity index (χ3v) is 5.22. The second kappa shape index (κ2) is 10.6. The van der Waals surface area contributed by atoms with Gasteiger partial charge in [-0.25, -0.2) is 4.79 Å². The van der Waals surface area contributed by atoms with E-state index in [0.717, 1.165) is 0 Å². The van der Waals surface area contributed by atoms with Gasteiger partial charge >= 0.3 is 5.97 Å². The van der Waals surface area contributed by atoms with E-state index in [4.69, 9.17) is 14.2 Å². The third kappa shape index (κ3) is 4.96. The van der Waals surface area contributed by atoms with Crippen LogP contribution in [-0.2, 0) is 19.1 Å². The molecule has 1 saturated heterocycles. The molecular weight excluding hydrogens is 426 g/mol. The summed E-state index contributed by atoms with van der Waals surface area (Å²) in [7, 11) is 2.77. The maximum Gasteiger partial charge on any atom is 0.337 e. The van der Waals surface area contributed by atoms with Gasteiger partial charge < -0.3 is 24.2 Å². The summed E-state index contributed by atoms with van der Waals surface area (Å²) in [6, 6.07) is 12.0. The van der Waals surface area contributed by atoms with Gasteiger partial charge in [0.25, 0.3) is 11.7 Å². The number of benzene rings is 2. The number of carbonyl (C=O) groups is 3. The summed E-state index contributed by atoms with van der Waals surface area (Å²) in [6.45, 7) is 4.28. The van der Waals surface area contributed by atoms with Crippen molar-refractivity contribution in [2.45, 2.75) is 6.04 Å². The first-order valence-electron chi connectivity index (χ1n) is 10.2. The molecule has 0 aromatic heterocycles. The summed E-state index contributed by atoms with van der Waals surface area (Å²) in [5.41, 5.74) is 1.21. The zero-order valence-corrected chi connectivity index (χ0v) is 18.4. The van der Waals surface area contributed by atoms with Gasteiger partial charge in [0.2, 0.25) is 0 Å². The average molecular weight is 451 g/mol. The van der Waals surface area contributed by atoms with Crippen molar-refractivity contribution >= 4 is 23.4 Å². The lowest BCUT2D eigenvalue weighted by Crippen LogP contribution is -2.32. The SMILES string of the molecule is C=CCOc1ccc(C(O)=C2C(=O)C(=O)N(CCOC)[C@@H]2c2ccc(C(=O)OC)cc2)cc1. The summed E-state index contributed by atoms with van der Waals surface area (Å²) in [6.07, 6.45) is 1.61. The van der Waals surface area contributed by atoms with Crippen LogP contribution in [0.3, 0.4) is 0 Å². The topological polar surface area (TPSA) is 102 Å². The standard InChI is InChI=1S/C25H25NO7/c1-4-14-33-19-11-9-17(10-12-19)22(27)20-21(26(13-15-31-2)24(29)23(20)28)16-5-7-18(8-6-16)25(30)32-3/h4-12,21,27H,1,13-15H2,2-3H3/t21-/m1/s1. The Kier molecular flexibility index (Phi) is 7.63. The number of aliphatic hydroxyl groups is 1. The fraction of sp³-hybridized carbons (Fsp3) is 0.240. The zero-order valence-electron chi connectivity index (χ0n) is 18.4. The highest BCUT2D eigenvalue weighted by Crippen LogP contribution is 2.39. The van der Waals surface area contributed by atoms with Gasteiger partial charge in [-0.3, -0.25) is 9.59 Å². The van der Waals surface area contributed by atoms with Gasteiger partial charge in [-0.05, 0) is 42.0 Å². The molecule has 0 spiro atoms. The Balaban J connectivity index is 2.06. The summed E-state index contributed by atoms with van der Waals surface area (Å²) in [5.74, 6) is -1.76. The van der Waals surface area contributed by atoms with Gasteiger partial charge in [-0.15, -0.1) is 0 Å². The normalized spacial score (nSPS) is 17.2. The summed E-state index contributed by atoms with van der Waals surface area (Å²) in [5, 5.41) is 11.0. The molecule has 3 rings (SSSR count). The lowest BCUT2D eigenvalue weighted by Gasteiger charge is -2.25. The highest BCUT2D eigenvalue weighted by molar-refractivity contribution is 6.46. The van der Waals surface area contributed by atoms with E-state index in [9.17, 15) is 19.5 Å². The van der Waals surface area contributed by atoms with Crippen LogP contribution in [0.5, 0.6) is 5.75 Å². The van der Waals surface area contributed by atoms with E-state index in [2.05, 4.69) is 6.58 Å². The van der Waals surface area contributed by atoms with Gasteiger partial charge in [0.15, 0.2) is 0 Å². The predicted molar refractivity (Wildman–Crippen MR) is 121 cm³/mol. The summed E-state index contributed by atoms with van der Waals surface area (Å²) >= 11 is 0. The Hall–Kier alpha value is -3.91. The van der Waals surface area contributed by atoms with Crippen LogP contribution in [0, 0.1) is 0 Å². The number of likely N-dealkylation sites (tertiary alicyclic amines) is 1. The highest BCUT2D eigenvalue weighted by Gasteiger charge is 2.45. The lowest BCUT2D eigenvalue weighted by molar-refractivity contribution is -0.140. The predicted octanol–water partition coefficient (Wildman–Crippen LogP) is 3.11. The molecule has 2 aromatic rings. The number of nitrogens with zero attached hydrogens (tertiary/aromatic N) is 1. The number of hydrogen-bond donors (Lipinski definition) is 1. The number of esters is 1. The molecule has 8 heteroatoms. The summed E-state index contributed by atoms with van der Waals surface area (Å²) in [4.78, 5) is 38.9. The van der Waals surface area contributed by atoms with Crippen molar-refractivity contribution in [1.29, 1.82) is 0 Å². The molecule has 1 aliphatic rings. The molecule has 0 radical (unpaired) electrons. The van der Waals surface area contributed by atoms with Crippen LogP contribution in [0.1, 0.15) is 27.5 Å². The molecule has 0 unspecified atom stereocenters. The van der Waals surface area contributed by atoms with E-state index in [1.54, 1.807) is 54.6 Å². The first kappa shape index (κ1) is 23.7. The second-order valence-electron chi connectivity index (χ2n) is 7.22. The zero-order chi connectivity index (χ0) is 24.0. The number of ketones is 1. The van der Waals surface area contributed by atoms with E-state index in [1.165, 1.54) is 19.1 Å². The number of carbonyl (C=O) groups excluding carboxylic acids is 3. The van der Waals surface area contributed by atoms with Crippen molar-refractivity contribution in [3.8, 4) is 5.75 Å². The van der Waals surface area contributed by atoms with Crippen LogP contribution in [-0.4, -0.2) is 61.6 Å². The molecule has 2 aromatic carbocycles. The number of amides is 1. The maximum absolute atomic E-state index is 12.9. The van der Waals surface area contributed by atoms with Crippen molar-refractivity contribution in [2.75, 3.05) is 34.0 Å². The molecule has 0 saturated carbocycles. The first-order valence-corrected chi connectivity index (χ1v) is 10.2. The largest absolute Gasteiger partial charge is 0.507 e. The molecule has 1 aliphatic heterocycles. The van der Waals surface area contributed by atoms with Crippen molar-refractivity contribution in [3.05, 3.63) is 83.4 Å².